The van der Waals surface area contributed by atoms with Gasteiger partial charge in [0.2, 0.25) is 5.91 Å². The van der Waals surface area contributed by atoms with E-state index < -0.39 is 5.60 Å². The fraction of sp³-hybridized carbons (Fsp3) is 0.933. The molecule has 4 nitrogen and oxygen atoms in total. The molecule has 0 saturated heterocycles. The van der Waals surface area contributed by atoms with Crippen LogP contribution < -0.4 is 10.6 Å². The Morgan fingerprint density at radius 2 is 1.89 bits per heavy atom. The lowest BCUT2D eigenvalue weighted by Gasteiger charge is -2.35. The Balaban J connectivity index is 1.57. The van der Waals surface area contributed by atoms with E-state index in [0.717, 1.165) is 44.1 Å². The van der Waals surface area contributed by atoms with Gasteiger partial charge in [-0.3, -0.25) is 4.79 Å². The first-order chi connectivity index (χ1) is 9.11. The van der Waals surface area contributed by atoms with Crippen molar-refractivity contribution in [2.24, 2.45) is 11.8 Å². The van der Waals surface area contributed by atoms with Gasteiger partial charge in [0.05, 0.1) is 12.1 Å². The minimum Gasteiger partial charge on any atom is -0.389 e. The van der Waals surface area contributed by atoms with Crippen molar-refractivity contribution in [3.63, 3.8) is 0 Å². The Bertz CT molecular complexity index is 295. The van der Waals surface area contributed by atoms with Gasteiger partial charge in [0.15, 0.2) is 0 Å². The summed E-state index contributed by atoms with van der Waals surface area (Å²) in [6.45, 7) is 3.91. The van der Waals surface area contributed by atoms with E-state index >= 15 is 0 Å². The maximum atomic E-state index is 11.6. The van der Waals surface area contributed by atoms with Crippen molar-refractivity contribution in [1.29, 1.82) is 0 Å². The molecule has 2 saturated carbocycles. The molecule has 0 aromatic carbocycles. The maximum absolute atomic E-state index is 11.6. The number of rotatable bonds is 7. The van der Waals surface area contributed by atoms with Gasteiger partial charge in [-0.2, -0.15) is 0 Å². The smallest absolute Gasteiger partial charge is 0.233 e. The molecule has 2 fully saturated rings. The lowest BCUT2D eigenvalue weighted by molar-refractivity contribution is -0.120. The van der Waals surface area contributed by atoms with Crippen LogP contribution in [0.3, 0.4) is 0 Å². The maximum Gasteiger partial charge on any atom is 0.233 e. The highest BCUT2D eigenvalue weighted by molar-refractivity contribution is 5.78. The number of hydrogen-bond acceptors (Lipinski definition) is 3. The van der Waals surface area contributed by atoms with E-state index in [4.69, 9.17) is 0 Å². The van der Waals surface area contributed by atoms with Crippen LogP contribution in [-0.4, -0.2) is 36.2 Å². The molecule has 2 aliphatic rings. The summed E-state index contributed by atoms with van der Waals surface area (Å²) in [7, 11) is 0. The third-order valence-corrected chi connectivity index (χ3v) is 4.64. The summed E-state index contributed by atoms with van der Waals surface area (Å²) in [6, 6.07) is 0. The number of aliphatic hydroxyl groups is 1. The fourth-order valence-corrected chi connectivity index (χ4v) is 2.85. The first kappa shape index (κ1) is 14.8. The zero-order valence-corrected chi connectivity index (χ0v) is 12.1. The van der Waals surface area contributed by atoms with Gasteiger partial charge in [-0.25, -0.2) is 0 Å². The Kier molecular flexibility index (Phi) is 5.22. The van der Waals surface area contributed by atoms with E-state index in [2.05, 4.69) is 17.6 Å². The van der Waals surface area contributed by atoms with Gasteiger partial charge in [-0.15, -0.1) is 0 Å². The molecule has 0 aliphatic heterocycles. The van der Waals surface area contributed by atoms with Gasteiger partial charge in [0.1, 0.15) is 0 Å². The van der Waals surface area contributed by atoms with Crippen molar-refractivity contribution in [3.8, 4) is 0 Å². The Morgan fingerprint density at radius 3 is 2.47 bits per heavy atom. The van der Waals surface area contributed by atoms with E-state index in [1.54, 1.807) is 0 Å². The molecule has 0 heterocycles. The molecule has 0 atom stereocenters. The van der Waals surface area contributed by atoms with E-state index in [9.17, 15) is 9.90 Å². The average Bonchev–Trinajstić information content (AvgIpc) is 3.21. The highest BCUT2D eigenvalue weighted by Crippen LogP contribution is 2.33. The van der Waals surface area contributed by atoms with Crippen LogP contribution in [0.2, 0.25) is 0 Å². The highest BCUT2D eigenvalue weighted by Gasteiger charge is 2.32. The van der Waals surface area contributed by atoms with Gasteiger partial charge < -0.3 is 15.7 Å². The molecule has 1 amide bonds. The normalized spacial score (nSPS) is 31.2. The van der Waals surface area contributed by atoms with E-state index in [1.807, 2.05) is 0 Å². The summed E-state index contributed by atoms with van der Waals surface area (Å²) >= 11 is 0. The minimum absolute atomic E-state index is 0.0535. The van der Waals surface area contributed by atoms with Crippen molar-refractivity contribution in [2.45, 2.75) is 57.5 Å². The Hall–Kier alpha value is -0.610. The largest absolute Gasteiger partial charge is 0.389 e. The number of carbonyl (C=O) groups excluding carboxylic acids is 1. The zero-order valence-electron chi connectivity index (χ0n) is 12.1. The van der Waals surface area contributed by atoms with Crippen molar-refractivity contribution in [3.05, 3.63) is 0 Å². The second-order valence-corrected chi connectivity index (χ2v) is 6.43. The first-order valence-electron chi connectivity index (χ1n) is 7.81. The highest BCUT2D eigenvalue weighted by atomic mass is 16.3. The molecule has 0 bridgehead atoms. The molecule has 19 heavy (non-hydrogen) atoms. The van der Waals surface area contributed by atoms with Crippen LogP contribution in [0.25, 0.3) is 0 Å². The van der Waals surface area contributed by atoms with Crippen molar-refractivity contribution in [2.75, 3.05) is 19.6 Å². The van der Waals surface area contributed by atoms with Gasteiger partial charge in [0, 0.05) is 13.1 Å². The summed E-state index contributed by atoms with van der Waals surface area (Å²) in [6.07, 6.45) is 7.68. The predicted octanol–water partition coefficient (Wildman–Crippen LogP) is 1.43. The number of hydrogen-bond donors (Lipinski definition) is 3. The summed E-state index contributed by atoms with van der Waals surface area (Å²) in [5.41, 5.74) is -0.595. The predicted molar refractivity (Wildman–Crippen MR) is 75.8 cm³/mol. The van der Waals surface area contributed by atoms with Crippen LogP contribution in [0.1, 0.15) is 51.9 Å². The summed E-state index contributed by atoms with van der Waals surface area (Å²) < 4.78 is 0. The summed E-state index contributed by atoms with van der Waals surface area (Å²) in [4.78, 5) is 11.6. The van der Waals surface area contributed by atoms with Crippen molar-refractivity contribution >= 4 is 5.91 Å². The van der Waals surface area contributed by atoms with Crippen molar-refractivity contribution in [1.82, 2.24) is 10.6 Å². The first-order valence-corrected chi connectivity index (χ1v) is 7.81. The molecule has 2 rings (SSSR count). The van der Waals surface area contributed by atoms with Crippen molar-refractivity contribution < 1.29 is 9.90 Å². The standard InChI is InChI=1S/C15H28N2O2/c1-2-12-5-7-15(19,8-6-12)11-16-10-14(18)17-9-13-3-4-13/h12-13,16,19H,2-11H2,1H3,(H,17,18). The summed E-state index contributed by atoms with van der Waals surface area (Å²) in [5.74, 6) is 1.55. The van der Waals surface area contributed by atoms with Gasteiger partial charge in [-0.1, -0.05) is 13.3 Å². The number of nitrogens with one attached hydrogen (secondary N) is 2. The monoisotopic (exact) mass is 268 g/mol. The molecular formula is C15H28N2O2. The second-order valence-electron chi connectivity index (χ2n) is 6.43. The van der Waals surface area contributed by atoms with E-state index in [0.29, 0.717) is 13.1 Å². The van der Waals surface area contributed by atoms with E-state index in [1.165, 1.54) is 19.3 Å². The number of amides is 1. The Labute approximate surface area is 116 Å². The molecule has 0 aromatic heterocycles. The van der Waals surface area contributed by atoms with E-state index in [-0.39, 0.29) is 5.91 Å². The third-order valence-electron chi connectivity index (χ3n) is 4.64. The fourth-order valence-electron chi connectivity index (χ4n) is 2.85. The average molecular weight is 268 g/mol. The SMILES string of the molecule is CCC1CCC(O)(CNCC(=O)NCC2CC2)CC1. The lowest BCUT2D eigenvalue weighted by atomic mass is 9.78. The molecule has 0 spiro atoms. The molecule has 110 valence electrons. The third kappa shape index (κ3) is 5.11. The van der Waals surface area contributed by atoms with Crippen LogP contribution in [0.4, 0.5) is 0 Å². The van der Waals surface area contributed by atoms with Crippen LogP contribution in [-0.2, 0) is 4.79 Å². The van der Waals surface area contributed by atoms with Crippen LogP contribution in [0, 0.1) is 11.8 Å². The molecule has 0 unspecified atom stereocenters. The molecule has 0 aromatic rings. The minimum atomic E-state index is -0.595. The topological polar surface area (TPSA) is 61.4 Å². The lowest BCUT2D eigenvalue weighted by Crippen LogP contribution is -2.46. The molecular weight excluding hydrogens is 240 g/mol. The molecule has 2 aliphatic carbocycles. The zero-order chi connectivity index (χ0) is 13.7. The van der Waals surface area contributed by atoms with Gasteiger partial charge in [-0.05, 0) is 50.4 Å². The summed E-state index contributed by atoms with van der Waals surface area (Å²) in [5, 5.41) is 16.5. The number of carbonyl (C=O) groups is 1. The quantitative estimate of drug-likeness (QED) is 0.654. The van der Waals surface area contributed by atoms with Crippen LogP contribution in [0.5, 0.6) is 0 Å². The van der Waals surface area contributed by atoms with Crippen LogP contribution in [0.15, 0.2) is 0 Å². The Morgan fingerprint density at radius 1 is 1.21 bits per heavy atom. The molecule has 4 heteroatoms. The molecule has 0 radical (unpaired) electrons. The van der Waals surface area contributed by atoms with Crippen LogP contribution >= 0.6 is 0 Å². The van der Waals surface area contributed by atoms with Gasteiger partial charge in [0.25, 0.3) is 0 Å². The van der Waals surface area contributed by atoms with Gasteiger partial charge >= 0.3 is 0 Å². The second kappa shape index (κ2) is 6.71. The molecule has 3 N–H and O–H groups in total.